The minimum atomic E-state index is -0.219. The number of hydrogen-bond donors (Lipinski definition) is 1. The molecule has 5 nitrogen and oxygen atoms in total. The number of pyridine rings is 1. The van der Waals surface area contributed by atoms with Crippen LogP contribution in [0.25, 0.3) is 11.3 Å². The predicted molar refractivity (Wildman–Crippen MR) is 128 cm³/mol. The van der Waals surface area contributed by atoms with Crippen LogP contribution < -0.4 is 5.32 Å². The lowest BCUT2D eigenvalue weighted by molar-refractivity contribution is 0.102. The van der Waals surface area contributed by atoms with Crippen LogP contribution in [-0.4, -0.2) is 29.9 Å². The Bertz CT molecular complexity index is 1190. The van der Waals surface area contributed by atoms with Crippen molar-refractivity contribution >= 4 is 17.5 Å². The van der Waals surface area contributed by atoms with Crippen LogP contribution >= 0.6 is 0 Å². The lowest BCUT2D eigenvalue weighted by atomic mass is 10.0. The van der Waals surface area contributed by atoms with Crippen LogP contribution in [0.3, 0.4) is 0 Å². The summed E-state index contributed by atoms with van der Waals surface area (Å²) in [6, 6.07) is 19.0. The predicted octanol–water partition coefficient (Wildman–Crippen LogP) is 5.32. The third kappa shape index (κ3) is 5.04. The molecule has 2 aromatic carbocycles. The third-order valence-electron chi connectivity index (χ3n) is 5.09. The number of benzene rings is 2. The van der Waals surface area contributed by atoms with Crippen molar-refractivity contribution in [3.05, 3.63) is 83.6 Å². The molecule has 1 N–H and O–H groups in total. The molecule has 0 spiro atoms. The van der Waals surface area contributed by atoms with E-state index in [2.05, 4.69) is 34.1 Å². The molecular weight excluding hydrogens is 398 g/mol. The summed E-state index contributed by atoms with van der Waals surface area (Å²) in [4.78, 5) is 22.1. The summed E-state index contributed by atoms with van der Waals surface area (Å²) < 4.78 is 5.60. The minimum absolute atomic E-state index is 0.219. The molecule has 2 heterocycles. The summed E-state index contributed by atoms with van der Waals surface area (Å²) in [5.74, 6) is 6.76. The second kappa shape index (κ2) is 10.4. The molecule has 0 radical (unpaired) electrons. The monoisotopic (exact) mass is 423 g/mol. The molecule has 0 fully saturated rings. The van der Waals surface area contributed by atoms with Crippen molar-refractivity contribution in [1.29, 1.82) is 0 Å². The normalized spacial score (nSPS) is 12.3. The zero-order valence-electron chi connectivity index (χ0n) is 18.1. The van der Waals surface area contributed by atoms with Crippen molar-refractivity contribution in [1.82, 2.24) is 4.98 Å². The second-order valence-electron chi connectivity index (χ2n) is 7.42. The van der Waals surface area contributed by atoms with Crippen LogP contribution in [0.2, 0.25) is 0 Å². The van der Waals surface area contributed by atoms with E-state index in [1.165, 1.54) is 0 Å². The Morgan fingerprint density at radius 3 is 2.78 bits per heavy atom. The number of hydrogen-bond acceptors (Lipinski definition) is 4. The van der Waals surface area contributed by atoms with Crippen molar-refractivity contribution < 1.29 is 9.53 Å². The van der Waals surface area contributed by atoms with Gasteiger partial charge in [0.05, 0.1) is 29.1 Å². The minimum Gasteiger partial charge on any atom is -0.475 e. The fraction of sp³-hybridized carbons (Fsp3) is 0.222. The average Bonchev–Trinajstić information content (AvgIpc) is 3.37. The third-order valence-corrected chi connectivity index (χ3v) is 5.09. The van der Waals surface area contributed by atoms with E-state index in [4.69, 9.17) is 4.74 Å². The van der Waals surface area contributed by atoms with Gasteiger partial charge in [0.15, 0.2) is 0 Å². The number of carbonyl (C=O) groups excluding carboxylic acids is 1. The summed E-state index contributed by atoms with van der Waals surface area (Å²) in [6.45, 7) is 3.33. The van der Waals surface area contributed by atoms with Gasteiger partial charge in [0, 0.05) is 23.7 Å². The van der Waals surface area contributed by atoms with Crippen molar-refractivity contribution in [3.8, 4) is 23.1 Å². The van der Waals surface area contributed by atoms with Crippen molar-refractivity contribution in [2.75, 3.05) is 18.5 Å². The van der Waals surface area contributed by atoms with Gasteiger partial charge in [-0.1, -0.05) is 49.5 Å². The van der Waals surface area contributed by atoms with Gasteiger partial charge in [0.2, 0.25) is 5.90 Å². The van der Waals surface area contributed by atoms with E-state index in [0.29, 0.717) is 35.9 Å². The maximum atomic E-state index is 13.3. The Morgan fingerprint density at radius 1 is 1.12 bits per heavy atom. The number of para-hydroxylation sites is 1. The Labute approximate surface area is 188 Å². The van der Waals surface area contributed by atoms with E-state index in [-0.39, 0.29) is 5.91 Å². The molecule has 4 rings (SSSR count). The second-order valence-corrected chi connectivity index (χ2v) is 7.42. The van der Waals surface area contributed by atoms with E-state index >= 15 is 0 Å². The van der Waals surface area contributed by atoms with Gasteiger partial charge in [-0.25, -0.2) is 4.99 Å². The molecule has 0 unspecified atom stereocenters. The van der Waals surface area contributed by atoms with Gasteiger partial charge in [0.1, 0.15) is 6.61 Å². The molecular formula is C27H25N3O2. The van der Waals surface area contributed by atoms with Gasteiger partial charge in [-0.15, -0.1) is 0 Å². The molecule has 32 heavy (non-hydrogen) atoms. The molecule has 0 saturated heterocycles. The molecule has 1 amide bonds. The standard InChI is InChI=1S/C27H25N3O2/c1-2-3-4-5-10-20-19-21(24-12-8-9-16-28-24)14-15-22(20)26(31)30-25-13-7-6-11-23(25)27-29-17-18-32-27/h6-9,11-16,19H,2-4,17-18H2,1H3,(H,30,31). The van der Waals surface area contributed by atoms with Gasteiger partial charge < -0.3 is 10.1 Å². The molecule has 5 heteroatoms. The summed E-state index contributed by atoms with van der Waals surface area (Å²) in [6.07, 6.45) is 4.67. The number of unbranched alkanes of at least 4 members (excludes halogenated alkanes) is 2. The van der Waals surface area contributed by atoms with Gasteiger partial charge in [-0.05, 0) is 42.8 Å². The van der Waals surface area contributed by atoms with Crippen molar-refractivity contribution in [2.45, 2.75) is 26.2 Å². The van der Waals surface area contributed by atoms with E-state index in [0.717, 1.165) is 36.1 Å². The van der Waals surface area contributed by atoms with E-state index in [1.807, 2.05) is 60.7 Å². The van der Waals surface area contributed by atoms with Gasteiger partial charge in [-0.2, -0.15) is 0 Å². The van der Waals surface area contributed by atoms with Crippen LogP contribution in [0.1, 0.15) is 47.7 Å². The molecule has 0 atom stereocenters. The molecule has 160 valence electrons. The number of nitrogens with one attached hydrogen (secondary N) is 1. The lowest BCUT2D eigenvalue weighted by Gasteiger charge is -2.12. The highest BCUT2D eigenvalue weighted by atomic mass is 16.5. The quantitative estimate of drug-likeness (QED) is 0.431. The molecule has 3 aromatic rings. The van der Waals surface area contributed by atoms with Gasteiger partial charge in [0.25, 0.3) is 5.91 Å². The highest BCUT2D eigenvalue weighted by Crippen LogP contribution is 2.23. The van der Waals surface area contributed by atoms with Gasteiger partial charge in [-0.3, -0.25) is 9.78 Å². The topological polar surface area (TPSA) is 63.6 Å². The van der Waals surface area contributed by atoms with Gasteiger partial charge >= 0.3 is 0 Å². The fourth-order valence-corrected chi connectivity index (χ4v) is 3.43. The molecule has 1 aliphatic rings. The molecule has 0 saturated carbocycles. The van der Waals surface area contributed by atoms with E-state index in [1.54, 1.807) is 6.20 Å². The highest BCUT2D eigenvalue weighted by molar-refractivity contribution is 6.10. The maximum absolute atomic E-state index is 13.3. The first-order chi connectivity index (χ1) is 15.8. The van der Waals surface area contributed by atoms with E-state index < -0.39 is 0 Å². The maximum Gasteiger partial charge on any atom is 0.256 e. The van der Waals surface area contributed by atoms with Crippen LogP contribution in [0.15, 0.2) is 71.9 Å². The highest BCUT2D eigenvalue weighted by Gasteiger charge is 2.18. The average molecular weight is 424 g/mol. The first-order valence-electron chi connectivity index (χ1n) is 10.9. The van der Waals surface area contributed by atoms with Crippen molar-refractivity contribution in [2.24, 2.45) is 4.99 Å². The zero-order chi connectivity index (χ0) is 22.2. The summed E-state index contributed by atoms with van der Waals surface area (Å²) in [5, 5.41) is 3.02. The molecule has 1 aliphatic heterocycles. The Morgan fingerprint density at radius 2 is 2.00 bits per heavy atom. The number of anilines is 1. The number of nitrogens with zero attached hydrogens (tertiary/aromatic N) is 2. The first kappa shape index (κ1) is 21.3. The molecule has 0 bridgehead atoms. The number of rotatable bonds is 6. The molecule has 0 aliphatic carbocycles. The first-order valence-corrected chi connectivity index (χ1v) is 10.9. The lowest BCUT2D eigenvalue weighted by Crippen LogP contribution is -2.16. The number of ether oxygens (including phenoxy) is 1. The van der Waals surface area contributed by atoms with Crippen LogP contribution in [0, 0.1) is 11.8 Å². The summed E-state index contributed by atoms with van der Waals surface area (Å²) in [5.41, 5.74) is 4.43. The van der Waals surface area contributed by atoms with E-state index in [9.17, 15) is 4.79 Å². The number of carbonyl (C=O) groups is 1. The number of aliphatic imine (C=N–C) groups is 1. The number of amides is 1. The Kier molecular flexibility index (Phi) is 6.94. The zero-order valence-corrected chi connectivity index (χ0v) is 18.1. The fourth-order valence-electron chi connectivity index (χ4n) is 3.43. The number of aromatic nitrogens is 1. The Balaban J connectivity index is 1.66. The summed E-state index contributed by atoms with van der Waals surface area (Å²) >= 11 is 0. The Hall–Kier alpha value is -3.91. The van der Waals surface area contributed by atoms with Crippen LogP contribution in [-0.2, 0) is 4.74 Å². The van der Waals surface area contributed by atoms with Crippen LogP contribution in [0.4, 0.5) is 5.69 Å². The SMILES string of the molecule is CCCCC#Cc1cc(-c2ccccn2)ccc1C(=O)Nc1ccccc1C1=NCCO1. The van der Waals surface area contributed by atoms with Crippen LogP contribution in [0.5, 0.6) is 0 Å². The smallest absolute Gasteiger partial charge is 0.256 e. The molecule has 1 aromatic heterocycles. The summed E-state index contributed by atoms with van der Waals surface area (Å²) in [7, 11) is 0. The van der Waals surface area contributed by atoms with Crippen molar-refractivity contribution in [3.63, 3.8) is 0 Å². The largest absolute Gasteiger partial charge is 0.475 e.